The van der Waals surface area contributed by atoms with E-state index in [1.165, 1.54) is 18.9 Å². The van der Waals surface area contributed by atoms with E-state index in [-0.39, 0.29) is 11.2 Å². The molecular formula is C17H25FN2O. The van der Waals surface area contributed by atoms with E-state index in [1.54, 1.807) is 12.1 Å². The zero-order valence-corrected chi connectivity index (χ0v) is 12.8. The molecule has 21 heavy (non-hydrogen) atoms. The molecule has 1 saturated heterocycles. The van der Waals surface area contributed by atoms with Crippen molar-refractivity contribution >= 4 is 5.69 Å². The second kappa shape index (κ2) is 6.32. The Morgan fingerprint density at radius 1 is 1.33 bits per heavy atom. The van der Waals surface area contributed by atoms with Gasteiger partial charge < -0.3 is 15.0 Å². The van der Waals surface area contributed by atoms with Crippen LogP contribution in [-0.2, 0) is 4.74 Å². The quantitative estimate of drug-likeness (QED) is 0.872. The lowest BCUT2D eigenvalue weighted by atomic mass is 9.79. The average Bonchev–Trinajstić information content (AvgIpc) is 3.30. The molecule has 0 spiro atoms. The van der Waals surface area contributed by atoms with Gasteiger partial charge >= 0.3 is 0 Å². The predicted octanol–water partition coefficient (Wildman–Crippen LogP) is 2.81. The number of hydrogen-bond acceptors (Lipinski definition) is 3. The standard InChI is InChI=1S/C17H25FN2O/c1-20(16-4-2-3-14(18)11-16)13-17(7-9-21-10-8-17)12-19-15-5-6-15/h2-4,11,15,19H,5-10,12-13H2,1H3. The molecule has 2 aliphatic rings. The number of nitrogens with one attached hydrogen (secondary N) is 1. The molecule has 1 aromatic rings. The van der Waals surface area contributed by atoms with Crippen LogP contribution in [0.15, 0.2) is 24.3 Å². The van der Waals surface area contributed by atoms with Gasteiger partial charge in [0.1, 0.15) is 5.82 Å². The van der Waals surface area contributed by atoms with Gasteiger partial charge in [0.25, 0.3) is 0 Å². The van der Waals surface area contributed by atoms with Crippen LogP contribution in [0.2, 0.25) is 0 Å². The van der Waals surface area contributed by atoms with Crippen molar-refractivity contribution in [1.29, 1.82) is 0 Å². The van der Waals surface area contributed by atoms with Gasteiger partial charge in [-0.1, -0.05) is 6.07 Å². The van der Waals surface area contributed by atoms with Crippen LogP contribution in [0.25, 0.3) is 0 Å². The summed E-state index contributed by atoms with van der Waals surface area (Å²) >= 11 is 0. The summed E-state index contributed by atoms with van der Waals surface area (Å²) in [6.07, 6.45) is 4.78. The molecule has 1 aliphatic heterocycles. The number of nitrogens with zero attached hydrogens (tertiary/aromatic N) is 1. The third-order valence-corrected chi connectivity index (χ3v) is 4.72. The Balaban J connectivity index is 1.67. The first-order chi connectivity index (χ1) is 10.2. The molecule has 1 saturated carbocycles. The van der Waals surface area contributed by atoms with Crippen molar-refractivity contribution in [2.24, 2.45) is 5.41 Å². The summed E-state index contributed by atoms with van der Waals surface area (Å²) in [4.78, 5) is 2.18. The zero-order valence-electron chi connectivity index (χ0n) is 12.8. The number of rotatable bonds is 6. The summed E-state index contributed by atoms with van der Waals surface area (Å²) in [5.74, 6) is -0.170. The maximum atomic E-state index is 13.4. The van der Waals surface area contributed by atoms with Gasteiger partial charge in [-0.3, -0.25) is 0 Å². The van der Waals surface area contributed by atoms with Crippen LogP contribution in [0, 0.1) is 11.2 Å². The van der Waals surface area contributed by atoms with E-state index in [2.05, 4.69) is 17.3 Å². The molecule has 1 heterocycles. The van der Waals surface area contributed by atoms with Gasteiger partial charge in [0.15, 0.2) is 0 Å². The van der Waals surface area contributed by atoms with Crippen LogP contribution < -0.4 is 10.2 Å². The molecule has 1 aliphatic carbocycles. The van der Waals surface area contributed by atoms with Crippen molar-refractivity contribution in [1.82, 2.24) is 5.32 Å². The van der Waals surface area contributed by atoms with Crippen molar-refractivity contribution < 1.29 is 9.13 Å². The topological polar surface area (TPSA) is 24.5 Å². The first kappa shape index (κ1) is 14.8. The maximum Gasteiger partial charge on any atom is 0.125 e. The minimum Gasteiger partial charge on any atom is -0.381 e. The molecule has 0 bridgehead atoms. The van der Waals surface area contributed by atoms with Gasteiger partial charge in [-0.15, -0.1) is 0 Å². The Bertz CT molecular complexity index is 470. The van der Waals surface area contributed by atoms with Crippen LogP contribution in [0.1, 0.15) is 25.7 Å². The van der Waals surface area contributed by atoms with E-state index < -0.39 is 0 Å². The Kier molecular flexibility index (Phi) is 4.45. The lowest BCUT2D eigenvalue weighted by Crippen LogP contribution is -2.47. The van der Waals surface area contributed by atoms with Crippen molar-refractivity contribution in [3.05, 3.63) is 30.1 Å². The first-order valence-corrected chi connectivity index (χ1v) is 7.95. The Labute approximate surface area is 126 Å². The van der Waals surface area contributed by atoms with Crippen molar-refractivity contribution in [2.45, 2.75) is 31.7 Å². The highest BCUT2D eigenvalue weighted by Gasteiger charge is 2.35. The summed E-state index contributed by atoms with van der Waals surface area (Å²) in [5, 5.41) is 3.68. The number of ether oxygens (including phenoxy) is 1. The monoisotopic (exact) mass is 292 g/mol. The number of hydrogen-bond donors (Lipinski definition) is 1. The maximum absolute atomic E-state index is 13.4. The molecule has 4 heteroatoms. The van der Waals surface area contributed by atoms with Gasteiger partial charge in [0.2, 0.25) is 0 Å². The molecule has 0 atom stereocenters. The molecule has 1 aromatic carbocycles. The van der Waals surface area contributed by atoms with E-state index in [4.69, 9.17) is 4.74 Å². The molecule has 0 radical (unpaired) electrons. The van der Waals surface area contributed by atoms with Gasteiger partial charge in [0.05, 0.1) is 0 Å². The van der Waals surface area contributed by atoms with E-state index in [0.717, 1.165) is 50.9 Å². The van der Waals surface area contributed by atoms with Crippen molar-refractivity contribution in [3.8, 4) is 0 Å². The number of anilines is 1. The summed E-state index contributed by atoms with van der Waals surface area (Å²) in [6, 6.07) is 7.59. The second-order valence-corrected chi connectivity index (χ2v) is 6.60. The fraction of sp³-hybridized carbons (Fsp3) is 0.647. The fourth-order valence-corrected chi connectivity index (χ4v) is 3.15. The Morgan fingerprint density at radius 3 is 2.76 bits per heavy atom. The first-order valence-electron chi connectivity index (χ1n) is 7.95. The van der Waals surface area contributed by atoms with Crippen LogP contribution in [0.3, 0.4) is 0 Å². The van der Waals surface area contributed by atoms with Gasteiger partial charge in [-0.05, 0) is 43.9 Å². The molecule has 3 rings (SSSR count). The SMILES string of the molecule is CN(CC1(CNC2CC2)CCOCC1)c1cccc(F)c1. The van der Waals surface area contributed by atoms with Crippen LogP contribution in [0.4, 0.5) is 10.1 Å². The fourth-order valence-electron chi connectivity index (χ4n) is 3.15. The molecule has 0 unspecified atom stereocenters. The lowest BCUT2D eigenvalue weighted by molar-refractivity contribution is 0.0186. The third kappa shape index (κ3) is 3.95. The highest BCUT2D eigenvalue weighted by molar-refractivity contribution is 5.45. The Morgan fingerprint density at radius 2 is 2.10 bits per heavy atom. The van der Waals surface area contributed by atoms with Gasteiger partial charge in [0, 0.05) is 50.5 Å². The second-order valence-electron chi connectivity index (χ2n) is 6.60. The predicted molar refractivity (Wildman–Crippen MR) is 83.2 cm³/mol. The van der Waals surface area contributed by atoms with Crippen LogP contribution in [-0.4, -0.2) is 39.4 Å². The normalized spacial score (nSPS) is 21.2. The minimum absolute atomic E-state index is 0.170. The summed E-state index contributed by atoms with van der Waals surface area (Å²) < 4.78 is 19.0. The summed E-state index contributed by atoms with van der Waals surface area (Å²) in [5.41, 5.74) is 1.19. The van der Waals surface area contributed by atoms with Crippen LogP contribution >= 0.6 is 0 Å². The number of benzene rings is 1. The molecule has 116 valence electrons. The molecule has 1 N–H and O–H groups in total. The lowest BCUT2D eigenvalue weighted by Gasteiger charge is -2.41. The summed E-state index contributed by atoms with van der Waals surface area (Å²) in [6.45, 7) is 3.66. The van der Waals surface area contributed by atoms with Crippen LogP contribution in [0.5, 0.6) is 0 Å². The van der Waals surface area contributed by atoms with Crippen molar-refractivity contribution in [2.75, 3.05) is 38.3 Å². The average molecular weight is 292 g/mol. The minimum atomic E-state index is -0.170. The summed E-state index contributed by atoms with van der Waals surface area (Å²) in [7, 11) is 2.06. The molecule has 0 aromatic heterocycles. The number of halogens is 1. The molecular weight excluding hydrogens is 267 g/mol. The largest absolute Gasteiger partial charge is 0.381 e. The molecule has 3 nitrogen and oxygen atoms in total. The van der Waals surface area contributed by atoms with E-state index in [0.29, 0.717) is 0 Å². The third-order valence-electron chi connectivity index (χ3n) is 4.72. The van der Waals surface area contributed by atoms with E-state index >= 15 is 0 Å². The highest BCUT2D eigenvalue weighted by atomic mass is 19.1. The van der Waals surface area contributed by atoms with Gasteiger partial charge in [-0.25, -0.2) is 4.39 Å². The smallest absolute Gasteiger partial charge is 0.125 e. The Hall–Kier alpha value is -1.13. The zero-order chi connectivity index (χ0) is 14.7. The van der Waals surface area contributed by atoms with Crippen molar-refractivity contribution in [3.63, 3.8) is 0 Å². The molecule has 0 amide bonds. The highest BCUT2D eigenvalue weighted by Crippen LogP contribution is 2.33. The molecule has 2 fully saturated rings. The van der Waals surface area contributed by atoms with Gasteiger partial charge in [-0.2, -0.15) is 0 Å². The van der Waals surface area contributed by atoms with E-state index in [1.807, 2.05) is 6.07 Å². The van der Waals surface area contributed by atoms with E-state index in [9.17, 15) is 4.39 Å².